The second-order valence-electron chi connectivity index (χ2n) is 8.73. The number of anilines is 2. The molecule has 0 atom stereocenters. The topological polar surface area (TPSA) is 58.6 Å². The van der Waals surface area contributed by atoms with Crippen LogP contribution in [0.25, 0.3) is 5.57 Å². The standard InChI is InChI=1S/C29H30N2O3/c1-6-15-34-23-11-8-10-22(17-23)31-28(32)26(24-14-13-18(2)16-20(24)4)27(29(31)33)30-25-12-7-9-19(3)21(25)5/h7-14,16-17,30H,6,15H2,1-5H3. The van der Waals surface area contributed by atoms with Crippen LogP contribution in [0.5, 0.6) is 5.75 Å². The van der Waals surface area contributed by atoms with Crippen LogP contribution < -0.4 is 15.0 Å². The molecule has 5 heteroatoms. The van der Waals surface area contributed by atoms with Crippen LogP contribution in [0.3, 0.4) is 0 Å². The molecule has 174 valence electrons. The van der Waals surface area contributed by atoms with Crippen molar-refractivity contribution in [2.24, 2.45) is 0 Å². The van der Waals surface area contributed by atoms with Gasteiger partial charge in [0, 0.05) is 11.8 Å². The van der Waals surface area contributed by atoms with Crippen molar-refractivity contribution in [1.82, 2.24) is 0 Å². The summed E-state index contributed by atoms with van der Waals surface area (Å²) in [6.45, 7) is 10.6. The minimum Gasteiger partial charge on any atom is -0.494 e. The fraction of sp³-hybridized carbons (Fsp3) is 0.241. The Morgan fingerprint density at radius 2 is 1.62 bits per heavy atom. The van der Waals surface area contributed by atoms with Crippen molar-refractivity contribution in [3.63, 3.8) is 0 Å². The van der Waals surface area contributed by atoms with Crippen molar-refractivity contribution in [2.75, 3.05) is 16.8 Å². The van der Waals surface area contributed by atoms with Gasteiger partial charge >= 0.3 is 0 Å². The summed E-state index contributed by atoms with van der Waals surface area (Å²) in [6, 6.07) is 18.9. The third kappa shape index (κ3) is 4.34. The molecule has 3 aromatic carbocycles. The van der Waals surface area contributed by atoms with Crippen LogP contribution in [0.15, 0.2) is 66.4 Å². The first-order chi connectivity index (χ1) is 16.3. The molecule has 1 heterocycles. The molecule has 0 aromatic heterocycles. The number of nitrogens with one attached hydrogen (secondary N) is 1. The first-order valence-corrected chi connectivity index (χ1v) is 11.6. The minimum atomic E-state index is -0.381. The number of rotatable bonds is 7. The summed E-state index contributed by atoms with van der Waals surface area (Å²) in [6.07, 6.45) is 0.869. The van der Waals surface area contributed by atoms with Crippen LogP contribution >= 0.6 is 0 Å². The largest absolute Gasteiger partial charge is 0.494 e. The maximum Gasteiger partial charge on any atom is 0.282 e. The van der Waals surface area contributed by atoms with Gasteiger partial charge in [-0.3, -0.25) is 9.59 Å². The smallest absolute Gasteiger partial charge is 0.282 e. The van der Waals surface area contributed by atoms with E-state index in [4.69, 9.17) is 4.74 Å². The molecule has 4 rings (SSSR count). The maximum absolute atomic E-state index is 13.8. The molecule has 1 aliphatic rings. The third-order valence-electron chi connectivity index (χ3n) is 6.15. The minimum absolute atomic E-state index is 0.283. The zero-order valence-electron chi connectivity index (χ0n) is 20.4. The van der Waals surface area contributed by atoms with Gasteiger partial charge in [-0.05, 0) is 74.6 Å². The molecule has 0 saturated heterocycles. The second kappa shape index (κ2) is 9.56. The molecule has 0 spiro atoms. The first kappa shape index (κ1) is 23.3. The maximum atomic E-state index is 13.8. The third-order valence-corrected chi connectivity index (χ3v) is 6.15. The van der Waals surface area contributed by atoms with Crippen molar-refractivity contribution in [3.05, 3.63) is 94.2 Å². The molecule has 0 saturated carbocycles. The van der Waals surface area contributed by atoms with Crippen LogP contribution in [0, 0.1) is 27.7 Å². The second-order valence-corrected chi connectivity index (χ2v) is 8.73. The molecule has 2 amide bonds. The van der Waals surface area contributed by atoms with E-state index >= 15 is 0 Å². The molecule has 5 nitrogen and oxygen atoms in total. The zero-order chi connectivity index (χ0) is 24.4. The number of benzene rings is 3. The summed E-state index contributed by atoms with van der Waals surface area (Å²) >= 11 is 0. The highest BCUT2D eigenvalue weighted by molar-refractivity contribution is 6.46. The highest BCUT2D eigenvalue weighted by Crippen LogP contribution is 2.36. The van der Waals surface area contributed by atoms with Crippen molar-refractivity contribution in [2.45, 2.75) is 41.0 Å². The Morgan fingerprint density at radius 3 is 2.35 bits per heavy atom. The van der Waals surface area contributed by atoms with E-state index in [2.05, 4.69) is 5.32 Å². The number of hydrogen-bond acceptors (Lipinski definition) is 4. The van der Waals surface area contributed by atoms with E-state index in [1.807, 2.05) is 77.1 Å². The highest BCUT2D eigenvalue weighted by Gasteiger charge is 2.41. The van der Waals surface area contributed by atoms with E-state index in [9.17, 15) is 9.59 Å². The zero-order valence-corrected chi connectivity index (χ0v) is 20.4. The first-order valence-electron chi connectivity index (χ1n) is 11.6. The molecule has 1 aliphatic heterocycles. The Morgan fingerprint density at radius 1 is 0.853 bits per heavy atom. The van der Waals surface area contributed by atoms with Gasteiger partial charge in [-0.1, -0.05) is 48.9 Å². The molecule has 0 fully saturated rings. The van der Waals surface area contributed by atoms with Gasteiger partial charge in [0.05, 0.1) is 17.9 Å². The van der Waals surface area contributed by atoms with Crippen molar-refractivity contribution < 1.29 is 14.3 Å². The normalized spacial score (nSPS) is 13.6. The lowest BCUT2D eigenvalue weighted by molar-refractivity contribution is -0.120. The van der Waals surface area contributed by atoms with E-state index < -0.39 is 0 Å². The Bertz CT molecular complexity index is 1310. The quantitative estimate of drug-likeness (QED) is 0.438. The van der Waals surface area contributed by atoms with Crippen LogP contribution in [0.4, 0.5) is 11.4 Å². The average Bonchev–Trinajstić information content (AvgIpc) is 3.05. The van der Waals surface area contributed by atoms with E-state index in [0.717, 1.165) is 39.9 Å². The molecule has 0 aliphatic carbocycles. The number of ether oxygens (including phenoxy) is 1. The molecular weight excluding hydrogens is 424 g/mol. The van der Waals surface area contributed by atoms with Crippen molar-refractivity contribution >= 4 is 28.8 Å². The van der Waals surface area contributed by atoms with Gasteiger partial charge in [0.15, 0.2) is 0 Å². The van der Waals surface area contributed by atoms with Gasteiger partial charge < -0.3 is 10.1 Å². The molecule has 1 N–H and O–H groups in total. The van der Waals surface area contributed by atoms with Crippen LogP contribution in [0.2, 0.25) is 0 Å². The fourth-order valence-corrected chi connectivity index (χ4v) is 4.18. The van der Waals surface area contributed by atoms with Crippen LogP contribution in [-0.4, -0.2) is 18.4 Å². The summed E-state index contributed by atoms with van der Waals surface area (Å²) in [5.41, 5.74) is 6.88. The Hall–Kier alpha value is -3.86. The van der Waals surface area contributed by atoms with E-state index in [1.165, 1.54) is 4.90 Å². The van der Waals surface area contributed by atoms with Crippen LogP contribution in [0.1, 0.15) is 41.2 Å². The Labute approximate surface area is 201 Å². The highest BCUT2D eigenvalue weighted by atomic mass is 16.5. The number of imide groups is 1. The van der Waals surface area contributed by atoms with Gasteiger partial charge in [-0.15, -0.1) is 0 Å². The van der Waals surface area contributed by atoms with Gasteiger partial charge in [0.2, 0.25) is 0 Å². The summed E-state index contributed by atoms with van der Waals surface area (Å²) < 4.78 is 5.74. The lowest BCUT2D eigenvalue weighted by Crippen LogP contribution is -2.32. The SMILES string of the molecule is CCCOc1cccc(N2C(=O)C(Nc3cccc(C)c3C)=C(c3ccc(C)cc3C)C2=O)c1. The Kier molecular flexibility index (Phi) is 6.55. The van der Waals surface area contributed by atoms with E-state index in [-0.39, 0.29) is 17.5 Å². The van der Waals surface area contributed by atoms with E-state index in [0.29, 0.717) is 23.6 Å². The predicted molar refractivity (Wildman–Crippen MR) is 137 cm³/mol. The van der Waals surface area contributed by atoms with Gasteiger partial charge in [0.25, 0.3) is 11.8 Å². The molecule has 3 aromatic rings. The number of carbonyl (C=O) groups is 2. The monoisotopic (exact) mass is 454 g/mol. The van der Waals surface area contributed by atoms with Crippen molar-refractivity contribution in [3.8, 4) is 5.75 Å². The number of carbonyl (C=O) groups excluding carboxylic acids is 2. The average molecular weight is 455 g/mol. The molecule has 0 bridgehead atoms. The summed E-state index contributed by atoms with van der Waals surface area (Å²) in [7, 11) is 0. The van der Waals surface area contributed by atoms with Crippen molar-refractivity contribution in [1.29, 1.82) is 0 Å². The summed E-state index contributed by atoms with van der Waals surface area (Å²) in [4.78, 5) is 28.8. The predicted octanol–water partition coefficient (Wildman–Crippen LogP) is 6.11. The van der Waals surface area contributed by atoms with Gasteiger partial charge in [0.1, 0.15) is 11.4 Å². The van der Waals surface area contributed by atoms with Crippen LogP contribution in [-0.2, 0) is 9.59 Å². The number of hydrogen-bond donors (Lipinski definition) is 1. The number of aryl methyl sites for hydroxylation is 3. The van der Waals surface area contributed by atoms with Gasteiger partial charge in [-0.2, -0.15) is 0 Å². The summed E-state index contributed by atoms with van der Waals surface area (Å²) in [5, 5.41) is 3.31. The summed E-state index contributed by atoms with van der Waals surface area (Å²) in [5.74, 6) is -0.102. The lowest BCUT2D eigenvalue weighted by atomic mass is 9.97. The van der Waals surface area contributed by atoms with Gasteiger partial charge in [-0.25, -0.2) is 4.90 Å². The Balaban J connectivity index is 1.83. The molecule has 34 heavy (non-hydrogen) atoms. The lowest BCUT2D eigenvalue weighted by Gasteiger charge is -2.17. The van der Waals surface area contributed by atoms with E-state index in [1.54, 1.807) is 18.2 Å². The number of nitrogens with zero attached hydrogens (tertiary/aromatic N) is 1. The molecular formula is C29H30N2O3. The molecule has 0 unspecified atom stereocenters. The fourth-order valence-electron chi connectivity index (χ4n) is 4.18. The number of amides is 2. The molecule has 0 radical (unpaired) electrons.